The van der Waals surface area contributed by atoms with E-state index in [0.717, 1.165) is 5.56 Å². The number of halogens is 2. The molecule has 11 heteroatoms. The quantitative estimate of drug-likeness (QED) is 0.285. The van der Waals surface area contributed by atoms with E-state index in [1.54, 1.807) is 35.4 Å². The van der Waals surface area contributed by atoms with Crippen LogP contribution in [0.1, 0.15) is 44.4 Å². The van der Waals surface area contributed by atoms with E-state index in [-0.39, 0.29) is 51.3 Å². The summed E-state index contributed by atoms with van der Waals surface area (Å²) in [5.74, 6) is -0.833. The summed E-state index contributed by atoms with van der Waals surface area (Å²) in [5.41, 5.74) is 1.86. The first-order valence-electron chi connectivity index (χ1n) is 15.1. The summed E-state index contributed by atoms with van der Waals surface area (Å²) in [7, 11) is 1.87. The lowest BCUT2D eigenvalue weighted by Crippen LogP contribution is -2.60. The lowest BCUT2D eigenvalue weighted by Gasteiger charge is -2.48. The van der Waals surface area contributed by atoms with E-state index in [4.69, 9.17) is 16.6 Å². The minimum Gasteiger partial charge on any atom is -0.507 e. The van der Waals surface area contributed by atoms with Crippen molar-refractivity contribution in [2.24, 2.45) is 0 Å². The van der Waals surface area contributed by atoms with Crippen LogP contribution < -0.4 is 15.5 Å². The fourth-order valence-electron chi connectivity index (χ4n) is 6.90. The number of aryl methyl sites for hydroxylation is 1. The Hall–Kier alpha value is -4.44. The summed E-state index contributed by atoms with van der Waals surface area (Å²) in [4.78, 5) is 42.1. The maximum Gasteiger partial charge on any atom is 0.354 e. The molecule has 1 fully saturated rings. The molecule has 0 radical (unpaired) electrons. The van der Waals surface area contributed by atoms with Crippen molar-refractivity contribution < 1.29 is 14.3 Å². The number of carbonyl (C=O) groups is 1. The number of phenolic OH excluding ortho intramolecular Hbond substituents is 1. The molecule has 2 aromatic heterocycles. The predicted octanol–water partition coefficient (Wildman–Crippen LogP) is 5.81. The monoisotopic (exact) mass is 630 g/mol. The third-order valence-corrected chi connectivity index (χ3v) is 9.33. The number of phenols is 1. The van der Waals surface area contributed by atoms with Gasteiger partial charge in [0.2, 0.25) is 5.91 Å². The number of aromatic hydroxyl groups is 1. The van der Waals surface area contributed by atoms with Crippen LogP contribution in [0.2, 0.25) is 5.02 Å². The molecular weight excluding hydrogens is 595 g/mol. The van der Waals surface area contributed by atoms with E-state index in [0.29, 0.717) is 54.3 Å². The minimum atomic E-state index is -0.752. The number of anilines is 2. The highest BCUT2D eigenvalue weighted by molar-refractivity contribution is 6.38. The molecule has 0 bridgehead atoms. The van der Waals surface area contributed by atoms with Gasteiger partial charge >= 0.3 is 5.69 Å². The van der Waals surface area contributed by atoms with Gasteiger partial charge in [0.15, 0.2) is 5.82 Å². The summed E-state index contributed by atoms with van der Waals surface area (Å²) in [6, 6.07) is 7.77. The number of carbonyl (C=O) groups excluding carboxylic acids is 1. The second kappa shape index (κ2) is 11.5. The van der Waals surface area contributed by atoms with Crippen LogP contribution in [-0.2, 0) is 4.79 Å². The average molecular weight is 631 g/mol. The molecule has 4 heterocycles. The van der Waals surface area contributed by atoms with E-state index in [2.05, 4.69) is 11.6 Å². The summed E-state index contributed by atoms with van der Waals surface area (Å²) in [6.07, 6.45) is 3.60. The number of fused-ring (bicyclic) bond motifs is 2. The summed E-state index contributed by atoms with van der Waals surface area (Å²) >= 11 is 7.17. The molecule has 0 spiro atoms. The first kappa shape index (κ1) is 30.6. The van der Waals surface area contributed by atoms with Crippen LogP contribution >= 0.6 is 11.6 Å². The molecule has 6 rings (SSSR count). The number of hydrogen-bond acceptors (Lipinski definition) is 7. The van der Waals surface area contributed by atoms with Gasteiger partial charge in [-0.15, -0.1) is 0 Å². The molecule has 9 nitrogen and oxygen atoms in total. The van der Waals surface area contributed by atoms with Crippen molar-refractivity contribution in [3.05, 3.63) is 81.8 Å². The maximum absolute atomic E-state index is 17.5. The number of nitrogens with zero attached hydrogens (tertiary/aromatic N) is 6. The number of aromatic nitrogens is 3. The van der Waals surface area contributed by atoms with Gasteiger partial charge in [0, 0.05) is 50.0 Å². The standard InChI is InChI=1S/C34H36ClFN6O3/c1-7-24(44)40-16-20(5)41-21(17-40)13-15-39(6)31-26-32(28(36)25(27(31)35)22-10-8-9-11-23(22)43)42(34(45)38-33(26)41)30-19(4)12-14-37-29(30)18(2)3/h7-12,14,18,20-21,43H,1,13,15-17H2,2-6H3. The van der Waals surface area contributed by atoms with Crippen molar-refractivity contribution in [2.75, 3.05) is 36.5 Å². The van der Waals surface area contributed by atoms with Gasteiger partial charge in [0.25, 0.3) is 0 Å². The Morgan fingerprint density at radius 2 is 1.93 bits per heavy atom. The highest BCUT2D eigenvalue weighted by atomic mass is 35.5. The zero-order valence-corrected chi connectivity index (χ0v) is 26.8. The topological polar surface area (TPSA) is 94.8 Å². The van der Waals surface area contributed by atoms with E-state index >= 15 is 4.39 Å². The van der Waals surface area contributed by atoms with Crippen molar-refractivity contribution in [3.63, 3.8) is 0 Å². The van der Waals surface area contributed by atoms with Crippen LogP contribution in [-0.4, -0.2) is 69.2 Å². The van der Waals surface area contributed by atoms with Crippen LogP contribution in [0.3, 0.4) is 0 Å². The molecule has 2 aliphatic rings. The Kier molecular flexibility index (Phi) is 7.81. The highest BCUT2D eigenvalue weighted by Crippen LogP contribution is 2.50. The Morgan fingerprint density at radius 3 is 2.62 bits per heavy atom. The molecule has 1 saturated heterocycles. The number of hydrogen-bond donors (Lipinski definition) is 1. The Morgan fingerprint density at radius 1 is 1.20 bits per heavy atom. The van der Waals surface area contributed by atoms with Crippen LogP contribution in [0.5, 0.6) is 5.75 Å². The van der Waals surface area contributed by atoms with Gasteiger partial charge < -0.3 is 19.8 Å². The molecule has 2 aliphatic heterocycles. The number of para-hydroxylation sites is 1. The van der Waals surface area contributed by atoms with Crippen molar-refractivity contribution >= 4 is 39.9 Å². The van der Waals surface area contributed by atoms with Crippen LogP contribution in [0.25, 0.3) is 27.7 Å². The molecule has 45 heavy (non-hydrogen) atoms. The summed E-state index contributed by atoms with van der Waals surface area (Å²) in [5, 5.41) is 11.4. The average Bonchev–Trinajstić information content (AvgIpc) is 2.99. The molecule has 0 saturated carbocycles. The molecule has 2 unspecified atom stereocenters. The van der Waals surface area contributed by atoms with Gasteiger partial charge in [0.1, 0.15) is 17.1 Å². The Labute approximate surface area is 266 Å². The first-order chi connectivity index (χ1) is 21.5. The van der Waals surface area contributed by atoms with Gasteiger partial charge in [-0.3, -0.25) is 14.3 Å². The Balaban J connectivity index is 1.80. The van der Waals surface area contributed by atoms with Gasteiger partial charge in [-0.05, 0) is 50.0 Å². The molecule has 2 aromatic carbocycles. The molecule has 1 amide bonds. The Bertz CT molecular complexity index is 1920. The lowest BCUT2D eigenvalue weighted by atomic mass is 9.95. The maximum atomic E-state index is 17.5. The van der Waals surface area contributed by atoms with E-state index in [1.807, 2.05) is 44.5 Å². The normalized spacial score (nSPS) is 18.2. The van der Waals surface area contributed by atoms with Gasteiger partial charge in [0.05, 0.1) is 33.5 Å². The SMILES string of the molecule is C=CC(=O)N1CC(C)N2c3nc(=O)n(-c4c(C)ccnc4C(C)C)c4c(F)c(-c5ccccc5O)c(Cl)c(c34)N(C)CCC2C1. The van der Waals surface area contributed by atoms with Gasteiger partial charge in [-0.2, -0.15) is 4.98 Å². The van der Waals surface area contributed by atoms with Crippen molar-refractivity contribution in [3.8, 4) is 22.6 Å². The third-order valence-electron chi connectivity index (χ3n) is 8.96. The zero-order chi connectivity index (χ0) is 32.3. The van der Waals surface area contributed by atoms with Gasteiger partial charge in [-0.1, -0.05) is 50.2 Å². The second-order valence-corrected chi connectivity index (χ2v) is 12.6. The largest absolute Gasteiger partial charge is 0.507 e. The molecule has 1 N–H and O–H groups in total. The lowest BCUT2D eigenvalue weighted by molar-refractivity contribution is -0.127. The number of piperazine rings is 1. The minimum absolute atomic E-state index is 0.00458. The third kappa shape index (κ3) is 4.82. The highest BCUT2D eigenvalue weighted by Gasteiger charge is 2.40. The number of amides is 1. The molecule has 0 aliphatic carbocycles. The van der Waals surface area contributed by atoms with Gasteiger partial charge in [-0.25, -0.2) is 9.18 Å². The fourth-order valence-corrected chi connectivity index (χ4v) is 7.32. The zero-order valence-electron chi connectivity index (χ0n) is 26.0. The smallest absolute Gasteiger partial charge is 0.354 e. The summed E-state index contributed by atoms with van der Waals surface area (Å²) in [6.45, 7) is 12.7. The number of rotatable bonds is 4. The fraction of sp³-hybridized carbons (Fsp3) is 0.353. The molecule has 4 aromatic rings. The van der Waals surface area contributed by atoms with Crippen LogP contribution in [0.4, 0.5) is 15.9 Å². The summed E-state index contributed by atoms with van der Waals surface area (Å²) < 4.78 is 18.8. The second-order valence-electron chi connectivity index (χ2n) is 12.2. The van der Waals surface area contributed by atoms with Crippen LogP contribution in [0, 0.1) is 12.7 Å². The molecular formula is C34H36ClFN6O3. The van der Waals surface area contributed by atoms with E-state index in [9.17, 15) is 14.7 Å². The van der Waals surface area contributed by atoms with Crippen molar-refractivity contribution in [1.29, 1.82) is 0 Å². The van der Waals surface area contributed by atoms with Crippen LogP contribution in [0.15, 0.2) is 54.0 Å². The van der Waals surface area contributed by atoms with E-state index < -0.39 is 11.5 Å². The molecule has 2 atom stereocenters. The predicted molar refractivity (Wildman–Crippen MR) is 176 cm³/mol. The van der Waals surface area contributed by atoms with E-state index in [1.165, 1.54) is 16.7 Å². The van der Waals surface area contributed by atoms with Crippen molar-refractivity contribution in [2.45, 2.75) is 52.1 Å². The molecule has 234 valence electrons. The van der Waals surface area contributed by atoms with Crippen molar-refractivity contribution in [1.82, 2.24) is 19.4 Å². The first-order valence-corrected chi connectivity index (χ1v) is 15.5. The number of benzene rings is 2. The number of pyridine rings is 1.